The molecule has 0 N–H and O–H groups in total. The topological polar surface area (TPSA) is 52.6 Å². The molecule has 0 fully saturated rings. The molecule has 0 bridgehead atoms. The highest BCUT2D eigenvalue weighted by molar-refractivity contribution is 5.96. The van der Waals surface area contributed by atoms with Crippen molar-refractivity contribution in [2.24, 2.45) is 0 Å². The summed E-state index contributed by atoms with van der Waals surface area (Å²) >= 11 is 0. The monoisotopic (exact) mass is 390 g/mol. The minimum Gasteiger partial charge on any atom is -0.479 e. The number of esters is 1. The maximum Gasteiger partial charge on any atom is 0.347 e. The molecule has 4 heteroatoms. The second kappa shape index (κ2) is 15.1. The molecule has 158 valence electrons. The van der Waals surface area contributed by atoms with E-state index in [2.05, 4.69) is 13.8 Å². The van der Waals surface area contributed by atoms with E-state index >= 15 is 0 Å². The maximum absolute atomic E-state index is 12.3. The summed E-state index contributed by atoms with van der Waals surface area (Å²) in [5.41, 5.74) is 0.707. The summed E-state index contributed by atoms with van der Waals surface area (Å²) in [4.78, 5) is 24.5. The summed E-state index contributed by atoms with van der Waals surface area (Å²) in [6.45, 7) is 6.49. The van der Waals surface area contributed by atoms with Crippen molar-refractivity contribution in [3.05, 3.63) is 29.8 Å². The van der Waals surface area contributed by atoms with Gasteiger partial charge in [-0.15, -0.1) is 0 Å². The van der Waals surface area contributed by atoms with E-state index in [1.165, 1.54) is 19.3 Å². The van der Waals surface area contributed by atoms with Gasteiger partial charge in [0.25, 0.3) is 0 Å². The molecule has 4 nitrogen and oxygen atoms in total. The molecule has 0 saturated heterocycles. The zero-order valence-corrected chi connectivity index (χ0v) is 18.0. The molecule has 0 heterocycles. The zero-order chi connectivity index (χ0) is 20.6. The molecule has 28 heavy (non-hydrogen) atoms. The minimum atomic E-state index is -0.586. The lowest BCUT2D eigenvalue weighted by Crippen LogP contribution is -2.29. The van der Waals surface area contributed by atoms with Gasteiger partial charge in [0.05, 0.1) is 6.61 Å². The van der Waals surface area contributed by atoms with Crippen LogP contribution < -0.4 is 4.74 Å². The van der Waals surface area contributed by atoms with Gasteiger partial charge < -0.3 is 9.47 Å². The van der Waals surface area contributed by atoms with Crippen molar-refractivity contribution in [2.45, 2.75) is 97.5 Å². The number of hydrogen-bond donors (Lipinski definition) is 0. The third-order valence-corrected chi connectivity index (χ3v) is 4.83. The van der Waals surface area contributed by atoms with Gasteiger partial charge in [0.15, 0.2) is 11.9 Å². The van der Waals surface area contributed by atoms with Crippen LogP contribution in [0.15, 0.2) is 24.3 Å². The van der Waals surface area contributed by atoms with Crippen LogP contribution in [0.5, 0.6) is 5.75 Å². The van der Waals surface area contributed by atoms with Crippen molar-refractivity contribution in [3.8, 4) is 5.75 Å². The molecule has 0 aliphatic rings. The fraction of sp³-hybridized carbons (Fsp3) is 0.667. The Balaban J connectivity index is 2.55. The Morgan fingerprint density at radius 3 is 2.04 bits per heavy atom. The maximum atomic E-state index is 12.3. The third kappa shape index (κ3) is 9.91. The molecule has 0 amide bonds. The van der Waals surface area contributed by atoms with Crippen LogP contribution in [0.1, 0.15) is 102 Å². The fourth-order valence-corrected chi connectivity index (χ4v) is 3.13. The van der Waals surface area contributed by atoms with Crippen molar-refractivity contribution in [3.63, 3.8) is 0 Å². The van der Waals surface area contributed by atoms with Gasteiger partial charge in [0, 0.05) is 12.0 Å². The number of benzene rings is 1. The highest BCUT2D eigenvalue weighted by Crippen LogP contribution is 2.19. The first-order chi connectivity index (χ1) is 13.6. The standard InChI is InChI=1S/C24H38O4/c1-4-7-9-11-12-14-22(25)20-16-18-21(19-17-20)28-23(24(26)27-6-3)15-13-10-8-5-2/h16-19,23H,4-15H2,1-3H3. The van der Waals surface area contributed by atoms with Gasteiger partial charge in [-0.2, -0.15) is 0 Å². The third-order valence-electron chi connectivity index (χ3n) is 4.83. The first kappa shape index (κ1) is 24.2. The molecule has 0 aliphatic carbocycles. The molecule has 0 saturated carbocycles. The Morgan fingerprint density at radius 2 is 1.43 bits per heavy atom. The average Bonchev–Trinajstić information content (AvgIpc) is 2.70. The van der Waals surface area contributed by atoms with E-state index < -0.39 is 6.10 Å². The molecule has 0 spiro atoms. The largest absolute Gasteiger partial charge is 0.479 e. The lowest BCUT2D eigenvalue weighted by molar-refractivity contribution is -0.151. The second-order valence-corrected chi connectivity index (χ2v) is 7.32. The predicted octanol–water partition coefficient (Wildman–Crippen LogP) is 6.51. The molecule has 0 aromatic heterocycles. The number of ether oxygens (including phenoxy) is 2. The summed E-state index contributed by atoms with van der Waals surface area (Å²) in [6.07, 6.45) is 10.7. The van der Waals surface area contributed by atoms with Crippen LogP contribution in [0.2, 0.25) is 0 Å². The number of Topliss-reactive ketones (excluding diaryl/α,β-unsaturated/α-hetero) is 1. The lowest BCUT2D eigenvalue weighted by atomic mass is 10.0. The molecule has 1 aromatic carbocycles. The van der Waals surface area contributed by atoms with Gasteiger partial charge in [-0.25, -0.2) is 4.79 Å². The van der Waals surface area contributed by atoms with Gasteiger partial charge in [0.1, 0.15) is 5.75 Å². The number of rotatable bonds is 16. The first-order valence-corrected chi connectivity index (χ1v) is 11.1. The second-order valence-electron chi connectivity index (χ2n) is 7.32. The van der Waals surface area contributed by atoms with Gasteiger partial charge in [-0.05, 0) is 50.5 Å². The van der Waals surface area contributed by atoms with Crippen molar-refractivity contribution in [2.75, 3.05) is 6.61 Å². The lowest BCUT2D eigenvalue weighted by Gasteiger charge is -2.18. The minimum absolute atomic E-state index is 0.171. The quantitative estimate of drug-likeness (QED) is 0.183. The summed E-state index contributed by atoms with van der Waals surface area (Å²) in [5, 5.41) is 0. The van der Waals surface area contributed by atoms with Crippen LogP contribution in [0.4, 0.5) is 0 Å². The number of unbranched alkanes of at least 4 members (excludes halogenated alkanes) is 7. The zero-order valence-electron chi connectivity index (χ0n) is 18.0. The molecule has 1 atom stereocenters. The van der Waals surface area contributed by atoms with Crippen molar-refractivity contribution >= 4 is 11.8 Å². The van der Waals surface area contributed by atoms with Crippen LogP contribution in [-0.2, 0) is 9.53 Å². The van der Waals surface area contributed by atoms with Crippen LogP contribution in [0.3, 0.4) is 0 Å². The number of hydrogen-bond acceptors (Lipinski definition) is 4. The molecule has 0 aliphatic heterocycles. The normalized spacial score (nSPS) is 11.8. The van der Waals surface area contributed by atoms with Gasteiger partial charge in [-0.3, -0.25) is 4.79 Å². The molecule has 1 unspecified atom stereocenters. The van der Waals surface area contributed by atoms with Crippen LogP contribution in [0, 0.1) is 0 Å². The van der Waals surface area contributed by atoms with Gasteiger partial charge in [0.2, 0.25) is 0 Å². The van der Waals surface area contributed by atoms with Crippen molar-refractivity contribution in [1.82, 2.24) is 0 Å². The fourth-order valence-electron chi connectivity index (χ4n) is 3.13. The van der Waals surface area contributed by atoms with E-state index in [4.69, 9.17) is 9.47 Å². The van der Waals surface area contributed by atoms with Crippen molar-refractivity contribution in [1.29, 1.82) is 0 Å². The van der Waals surface area contributed by atoms with E-state index in [9.17, 15) is 9.59 Å². The highest BCUT2D eigenvalue weighted by Gasteiger charge is 2.21. The summed E-state index contributed by atoms with van der Waals surface area (Å²) in [5.74, 6) is 0.462. The van der Waals surface area contributed by atoms with Gasteiger partial charge >= 0.3 is 5.97 Å². The molecular weight excluding hydrogens is 352 g/mol. The Kier molecular flexibility index (Phi) is 13.1. The SMILES string of the molecule is CCCCCCCC(=O)c1ccc(OC(CCCCCC)C(=O)OCC)cc1. The van der Waals surface area contributed by atoms with E-state index in [-0.39, 0.29) is 11.8 Å². The van der Waals surface area contributed by atoms with Crippen LogP contribution in [0.25, 0.3) is 0 Å². The van der Waals surface area contributed by atoms with Crippen LogP contribution >= 0.6 is 0 Å². The van der Waals surface area contributed by atoms with E-state index in [0.717, 1.165) is 38.5 Å². The van der Waals surface area contributed by atoms with E-state index in [1.807, 2.05) is 0 Å². The Morgan fingerprint density at radius 1 is 0.821 bits per heavy atom. The molecule has 0 radical (unpaired) electrons. The average molecular weight is 391 g/mol. The Bertz CT molecular complexity index is 550. The number of carbonyl (C=O) groups excluding carboxylic acids is 2. The summed E-state index contributed by atoms with van der Waals surface area (Å²) < 4.78 is 11.0. The molecular formula is C24H38O4. The van der Waals surface area contributed by atoms with Crippen LogP contribution in [-0.4, -0.2) is 24.5 Å². The van der Waals surface area contributed by atoms with Gasteiger partial charge in [-0.1, -0.05) is 58.8 Å². The smallest absolute Gasteiger partial charge is 0.347 e. The summed E-state index contributed by atoms with van der Waals surface area (Å²) in [6, 6.07) is 7.15. The first-order valence-electron chi connectivity index (χ1n) is 11.1. The highest BCUT2D eigenvalue weighted by atomic mass is 16.6. The summed E-state index contributed by atoms with van der Waals surface area (Å²) in [7, 11) is 0. The van der Waals surface area contributed by atoms with E-state index in [1.54, 1.807) is 31.2 Å². The Labute approximate surface area is 171 Å². The van der Waals surface area contributed by atoms with E-state index in [0.29, 0.717) is 30.8 Å². The molecule has 1 aromatic rings. The molecule has 1 rings (SSSR count). The Hall–Kier alpha value is -1.84. The number of ketones is 1. The van der Waals surface area contributed by atoms with Crippen molar-refractivity contribution < 1.29 is 19.1 Å². The predicted molar refractivity (Wildman–Crippen MR) is 114 cm³/mol. The number of carbonyl (C=O) groups is 2.